The van der Waals surface area contributed by atoms with Crippen LogP contribution in [0.1, 0.15) is 16.7 Å². The van der Waals surface area contributed by atoms with E-state index in [4.69, 9.17) is 9.15 Å². The lowest BCUT2D eigenvalue weighted by atomic mass is 10.0. The maximum atomic E-state index is 12.6. The van der Waals surface area contributed by atoms with Crippen LogP contribution in [-0.2, 0) is 33.7 Å². The van der Waals surface area contributed by atoms with Crippen molar-refractivity contribution in [1.82, 2.24) is 5.32 Å². The molecule has 0 saturated carbocycles. The van der Waals surface area contributed by atoms with Crippen molar-refractivity contribution < 1.29 is 31.9 Å². The highest BCUT2D eigenvalue weighted by molar-refractivity contribution is 6.32. The third-order valence-corrected chi connectivity index (χ3v) is 5.96. The number of hydrogen-bond donors (Lipinski definition) is 1. The summed E-state index contributed by atoms with van der Waals surface area (Å²) in [5, 5.41) is 4.56. The molecule has 0 fully saturated rings. The molecule has 0 aliphatic heterocycles. The van der Waals surface area contributed by atoms with Crippen molar-refractivity contribution >= 4 is 33.8 Å². The second-order valence-corrected chi connectivity index (χ2v) is 8.43. The van der Waals surface area contributed by atoms with E-state index in [2.05, 4.69) is 5.32 Å². The van der Waals surface area contributed by atoms with Gasteiger partial charge in [0, 0.05) is 22.9 Å². The van der Waals surface area contributed by atoms with Crippen molar-refractivity contribution in [1.29, 1.82) is 0 Å². The number of carbonyl (C=O) groups is 2. The van der Waals surface area contributed by atoms with E-state index in [-0.39, 0.29) is 13.2 Å². The minimum atomic E-state index is -4.45. The largest absolute Gasteiger partial charge is 0.455 e. The van der Waals surface area contributed by atoms with Crippen molar-refractivity contribution in [2.45, 2.75) is 19.3 Å². The summed E-state index contributed by atoms with van der Waals surface area (Å²) in [7, 11) is 0. The summed E-state index contributed by atoms with van der Waals surface area (Å²) in [6, 6.07) is 25.5. The Morgan fingerprint density at radius 1 is 0.784 bits per heavy atom. The van der Waals surface area contributed by atoms with Gasteiger partial charge in [0.1, 0.15) is 17.8 Å². The molecule has 1 amide bonds. The van der Waals surface area contributed by atoms with Gasteiger partial charge in [-0.3, -0.25) is 4.79 Å². The summed E-state index contributed by atoms with van der Waals surface area (Å²) in [4.78, 5) is 24.1. The van der Waals surface area contributed by atoms with Crippen LogP contribution in [0.2, 0.25) is 0 Å². The van der Waals surface area contributed by atoms with Gasteiger partial charge in [-0.1, -0.05) is 72.8 Å². The third-order valence-electron chi connectivity index (χ3n) is 5.96. The fraction of sp³-hybridized carbons (Fsp3) is 0.103. The van der Waals surface area contributed by atoms with Crippen LogP contribution in [0.3, 0.4) is 0 Å². The average Bonchev–Trinajstić information content (AvgIpc) is 3.29. The van der Waals surface area contributed by atoms with Gasteiger partial charge in [-0.05, 0) is 34.9 Å². The molecular weight excluding hydrogens is 483 g/mol. The molecule has 0 bridgehead atoms. The van der Waals surface area contributed by atoms with Crippen LogP contribution >= 0.6 is 0 Å². The van der Waals surface area contributed by atoms with Gasteiger partial charge in [0.15, 0.2) is 0 Å². The number of esters is 1. The summed E-state index contributed by atoms with van der Waals surface area (Å²) < 4.78 is 48.9. The third kappa shape index (κ3) is 5.18. The lowest BCUT2D eigenvalue weighted by Crippen LogP contribution is -2.31. The molecule has 0 saturated heterocycles. The van der Waals surface area contributed by atoms with Crippen LogP contribution in [0, 0.1) is 0 Å². The topological polar surface area (TPSA) is 68.5 Å². The molecule has 5 nitrogen and oxygen atoms in total. The van der Waals surface area contributed by atoms with Crippen molar-refractivity contribution in [3.8, 4) is 11.1 Å². The monoisotopic (exact) mass is 503 g/mol. The molecule has 5 aromatic rings. The standard InChI is InChI=1S/C29H20F3NO4/c30-29(31,32)21-14-10-19(11-15-21)17-36-28(35)27(34)33-16-18-8-12-20(13-9-18)22-5-3-6-24-23-4-1-2-7-25(23)37-26(22)24/h1-15H,16-17H2,(H,33,34). The molecule has 8 heteroatoms. The van der Waals surface area contributed by atoms with Crippen LogP contribution in [-0.4, -0.2) is 11.9 Å². The van der Waals surface area contributed by atoms with Crippen molar-refractivity contribution in [3.63, 3.8) is 0 Å². The Hall–Kier alpha value is -4.59. The molecule has 1 aromatic heterocycles. The number of fused-ring (bicyclic) bond motifs is 3. The predicted molar refractivity (Wildman–Crippen MR) is 132 cm³/mol. The van der Waals surface area contributed by atoms with Gasteiger partial charge in [-0.25, -0.2) is 4.79 Å². The summed E-state index contributed by atoms with van der Waals surface area (Å²) >= 11 is 0. The second kappa shape index (κ2) is 9.81. The number of rotatable bonds is 5. The molecule has 0 radical (unpaired) electrons. The van der Waals surface area contributed by atoms with E-state index < -0.39 is 23.6 Å². The first-order valence-electron chi connectivity index (χ1n) is 11.4. The molecule has 0 spiro atoms. The first-order chi connectivity index (χ1) is 17.8. The Morgan fingerprint density at radius 2 is 1.46 bits per heavy atom. The van der Waals surface area contributed by atoms with E-state index in [0.29, 0.717) is 5.56 Å². The summed E-state index contributed by atoms with van der Waals surface area (Å²) in [5.74, 6) is -2.06. The fourth-order valence-corrected chi connectivity index (χ4v) is 4.04. The molecule has 0 aliphatic carbocycles. The molecule has 4 aromatic carbocycles. The highest BCUT2D eigenvalue weighted by Crippen LogP contribution is 2.35. The van der Waals surface area contributed by atoms with Gasteiger partial charge in [0.2, 0.25) is 0 Å². The zero-order valence-corrected chi connectivity index (χ0v) is 19.3. The van der Waals surface area contributed by atoms with Gasteiger partial charge in [0.25, 0.3) is 0 Å². The number of benzene rings is 4. The van der Waals surface area contributed by atoms with Crippen LogP contribution in [0.4, 0.5) is 13.2 Å². The maximum absolute atomic E-state index is 12.6. The van der Waals surface area contributed by atoms with E-state index >= 15 is 0 Å². The lowest BCUT2D eigenvalue weighted by molar-refractivity contribution is -0.156. The highest BCUT2D eigenvalue weighted by Gasteiger charge is 2.30. The van der Waals surface area contributed by atoms with E-state index in [1.165, 1.54) is 12.1 Å². The molecule has 5 rings (SSSR count). The number of halogens is 3. The second-order valence-electron chi connectivity index (χ2n) is 8.43. The molecule has 0 aliphatic rings. The minimum Gasteiger partial charge on any atom is -0.455 e. The molecule has 0 unspecified atom stereocenters. The SMILES string of the molecule is O=C(NCc1ccc(-c2cccc3c2oc2ccccc23)cc1)C(=O)OCc1ccc(C(F)(F)F)cc1. The summed E-state index contributed by atoms with van der Waals surface area (Å²) in [6.45, 7) is -0.213. The van der Waals surface area contributed by atoms with Gasteiger partial charge < -0.3 is 14.5 Å². The van der Waals surface area contributed by atoms with Crippen molar-refractivity contribution in [2.24, 2.45) is 0 Å². The predicted octanol–water partition coefficient (Wildman–Crippen LogP) is 6.63. The number of amides is 1. The zero-order chi connectivity index (χ0) is 26.0. The number of nitrogens with one attached hydrogen (secondary N) is 1. The lowest BCUT2D eigenvalue weighted by Gasteiger charge is -2.09. The average molecular weight is 503 g/mol. The number of alkyl halides is 3. The minimum absolute atomic E-state index is 0.101. The Balaban J connectivity index is 1.19. The van der Waals surface area contributed by atoms with Gasteiger partial charge >= 0.3 is 18.1 Å². The zero-order valence-electron chi connectivity index (χ0n) is 19.3. The fourth-order valence-electron chi connectivity index (χ4n) is 4.04. The Labute approximate surface area is 209 Å². The van der Waals surface area contributed by atoms with Crippen LogP contribution in [0.25, 0.3) is 33.1 Å². The normalized spacial score (nSPS) is 11.5. The number of furan rings is 1. The van der Waals surface area contributed by atoms with Crippen molar-refractivity contribution in [2.75, 3.05) is 0 Å². The van der Waals surface area contributed by atoms with E-state index in [9.17, 15) is 22.8 Å². The van der Waals surface area contributed by atoms with Crippen LogP contribution in [0.5, 0.6) is 0 Å². The number of carbonyl (C=O) groups excluding carboxylic acids is 2. The smallest absolute Gasteiger partial charge is 0.416 e. The molecule has 1 heterocycles. The number of ether oxygens (including phenoxy) is 1. The quantitative estimate of drug-likeness (QED) is 0.216. The molecular formula is C29H20F3NO4. The Kier molecular flexibility index (Phi) is 6.40. The molecule has 1 N–H and O–H groups in total. The Morgan fingerprint density at radius 3 is 2.19 bits per heavy atom. The first kappa shape index (κ1) is 24.1. The first-order valence-corrected chi connectivity index (χ1v) is 11.4. The van der Waals surface area contributed by atoms with Crippen LogP contribution < -0.4 is 5.32 Å². The van der Waals surface area contributed by atoms with Gasteiger partial charge in [-0.2, -0.15) is 13.2 Å². The maximum Gasteiger partial charge on any atom is 0.416 e. The number of para-hydroxylation sites is 2. The molecule has 0 atom stereocenters. The van der Waals surface area contributed by atoms with Crippen LogP contribution in [0.15, 0.2) is 95.4 Å². The van der Waals surface area contributed by atoms with Gasteiger partial charge in [-0.15, -0.1) is 0 Å². The van der Waals surface area contributed by atoms with E-state index in [0.717, 1.165) is 50.8 Å². The Bertz CT molecular complexity index is 1590. The summed E-state index contributed by atoms with van der Waals surface area (Å²) in [6.07, 6.45) is -4.45. The molecule has 37 heavy (non-hydrogen) atoms. The van der Waals surface area contributed by atoms with E-state index in [1.54, 1.807) is 0 Å². The number of hydrogen-bond acceptors (Lipinski definition) is 4. The van der Waals surface area contributed by atoms with Crippen molar-refractivity contribution in [3.05, 3.63) is 108 Å². The van der Waals surface area contributed by atoms with E-state index in [1.807, 2.05) is 66.7 Å². The summed E-state index contributed by atoms with van der Waals surface area (Å²) in [5.41, 5.74) is 3.79. The highest BCUT2D eigenvalue weighted by atomic mass is 19.4. The molecule has 186 valence electrons. The van der Waals surface area contributed by atoms with Gasteiger partial charge in [0.05, 0.1) is 5.56 Å².